The van der Waals surface area contributed by atoms with E-state index in [0.717, 1.165) is 12.1 Å². The van der Waals surface area contributed by atoms with Crippen LogP contribution < -0.4 is 5.73 Å². The van der Waals surface area contributed by atoms with E-state index in [0.29, 0.717) is 0 Å². The molecule has 0 amide bonds. The van der Waals surface area contributed by atoms with Crippen molar-refractivity contribution in [1.82, 2.24) is 0 Å². The number of nitrogens with two attached hydrogens (primary N) is 1. The largest absolute Gasteiger partial charge is 0.398 e. The Kier molecular flexibility index (Phi) is 3.57. The number of aliphatic hydroxyl groups excluding tert-OH is 3. The van der Waals surface area contributed by atoms with E-state index in [2.05, 4.69) is 0 Å². The van der Waals surface area contributed by atoms with Gasteiger partial charge in [-0.2, -0.15) is 0 Å². The zero-order chi connectivity index (χ0) is 11.6. The van der Waals surface area contributed by atoms with Gasteiger partial charge in [0.15, 0.2) is 11.6 Å². The minimum absolute atomic E-state index is 0.186. The maximum atomic E-state index is 13.2. The van der Waals surface area contributed by atoms with Gasteiger partial charge in [0.1, 0.15) is 12.2 Å². The lowest BCUT2D eigenvalue weighted by atomic mass is 10.0. The fourth-order valence-corrected chi connectivity index (χ4v) is 1.17. The van der Waals surface area contributed by atoms with E-state index >= 15 is 0 Å². The fourth-order valence-electron chi connectivity index (χ4n) is 1.17. The first-order chi connectivity index (χ1) is 6.99. The van der Waals surface area contributed by atoms with Crippen molar-refractivity contribution >= 4 is 5.69 Å². The van der Waals surface area contributed by atoms with Crippen LogP contribution in [-0.2, 0) is 0 Å². The first-order valence-corrected chi connectivity index (χ1v) is 4.19. The number of benzene rings is 1. The minimum Gasteiger partial charge on any atom is -0.398 e. The molecule has 0 radical (unpaired) electrons. The molecule has 1 rings (SSSR count). The van der Waals surface area contributed by atoms with Crippen molar-refractivity contribution in [2.45, 2.75) is 12.2 Å². The minimum atomic E-state index is -1.76. The smallest absolute Gasteiger partial charge is 0.166 e. The number of hydrogen-bond donors (Lipinski definition) is 4. The Morgan fingerprint density at radius 1 is 1.27 bits per heavy atom. The molecule has 0 spiro atoms. The van der Waals surface area contributed by atoms with Crippen LogP contribution in [0.1, 0.15) is 11.7 Å². The molecule has 0 saturated carbocycles. The number of halogens is 2. The number of hydrogen-bond acceptors (Lipinski definition) is 4. The summed E-state index contributed by atoms with van der Waals surface area (Å²) in [6.07, 6.45) is -3.37. The lowest BCUT2D eigenvalue weighted by Gasteiger charge is -2.18. The summed E-state index contributed by atoms with van der Waals surface area (Å²) in [5.41, 5.74) is 4.59. The second kappa shape index (κ2) is 4.52. The van der Waals surface area contributed by atoms with Crippen LogP contribution in [0, 0.1) is 11.6 Å². The van der Waals surface area contributed by atoms with Gasteiger partial charge in [0.05, 0.1) is 6.61 Å². The summed E-state index contributed by atoms with van der Waals surface area (Å²) in [4.78, 5) is 0. The molecule has 84 valence electrons. The van der Waals surface area contributed by atoms with Crippen molar-refractivity contribution < 1.29 is 24.1 Å². The summed E-state index contributed by atoms with van der Waals surface area (Å²) >= 11 is 0. The van der Waals surface area contributed by atoms with Crippen LogP contribution in [0.3, 0.4) is 0 Å². The van der Waals surface area contributed by atoms with Crippen LogP contribution in [-0.4, -0.2) is 28.0 Å². The van der Waals surface area contributed by atoms with E-state index in [4.69, 9.17) is 15.9 Å². The highest BCUT2D eigenvalue weighted by atomic mass is 19.2. The van der Waals surface area contributed by atoms with E-state index in [9.17, 15) is 13.9 Å². The van der Waals surface area contributed by atoms with Crippen molar-refractivity contribution in [2.75, 3.05) is 12.3 Å². The summed E-state index contributed by atoms with van der Waals surface area (Å²) in [5.74, 6) is -2.50. The van der Waals surface area contributed by atoms with E-state index in [-0.39, 0.29) is 5.69 Å². The predicted molar refractivity (Wildman–Crippen MR) is 48.8 cm³/mol. The Labute approximate surface area is 84.6 Å². The highest BCUT2D eigenvalue weighted by Crippen LogP contribution is 2.27. The highest BCUT2D eigenvalue weighted by Gasteiger charge is 2.25. The van der Waals surface area contributed by atoms with E-state index < -0.39 is 36.0 Å². The zero-order valence-corrected chi connectivity index (χ0v) is 7.69. The van der Waals surface area contributed by atoms with Gasteiger partial charge in [-0.3, -0.25) is 0 Å². The summed E-state index contributed by atoms with van der Waals surface area (Å²) < 4.78 is 26.0. The van der Waals surface area contributed by atoms with Gasteiger partial charge < -0.3 is 21.1 Å². The maximum Gasteiger partial charge on any atom is 0.166 e. The molecule has 2 atom stereocenters. The molecule has 0 aliphatic carbocycles. The van der Waals surface area contributed by atoms with E-state index in [1.807, 2.05) is 0 Å². The quantitative estimate of drug-likeness (QED) is 0.536. The Bertz CT molecular complexity index is 359. The molecule has 6 heteroatoms. The molecule has 2 unspecified atom stereocenters. The Balaban J connectivity index is 3.18. The average molecular weight is 219 g/mol. The first-order valence-electron chi connectivity index (χ1n) is 4.19. The van der Waals surface area contributed by atoms with Gasteiger partial charge in [-0.15, -0.1) is 0 Å². The molecule has 0 aliphatic heterocycles. The molecule has 0 aliphatic rings. The lowest BCUT2D eigenvalue weighted by Crippen LogP contribution is -2.24. The monoisotopic (exact) mass is 219 g/mol. The summed E-state index contributed by atoms with van der Waals surface area (Å²) in [7, 11) is 0. The number of rotatable bonds is 3. The molecule has 0 heterocycles. The van der Waals surface area contributed by atoms with Crippen molar-refractivity contribution in [1.29, 1.82) is 0 Å². The molecule has 15 heavy (non-hydrogen) atoms. The van der Waals surface area contributed by atoms with Crippen molar-refractivity contribution in [3.63, 3.8) is 0 Å². The number of aliphatic hydroxyl groups is 3. The second-order valence-corrected chi connectivity index (χ2v) is 3.06. The standard InChI is InChI=1S/C9H11F2NO3/c10-4-1-2-5(12)7(8(4)11)9(15)6(14)3-13/h1-2,6,9,13-15H,3,12H2. The van der Waals surface area contributed by atoms with Crippen molar-refractivity contribution in [3.8, 4) is 0 Å². The Morgan fingerprint density at radius 3 is 2.40 bits per heavy atom. The zero-order valence-electron chi connectivity index (χ0n) is 7.69. The SMILES string of the molecule is Nc1ccc(F)c(F)c1C(O)C(O)CO. The maximum absolute atomic E-state index is 13.2. The molecule has 1 aromatic carbocycles. The van der Waals surface area contributed by atoms with Crippen LogP contribution in [0.15, 0.2) is 12.1 Å². The second-order valence-electron chi connectivity index (χ2n) is 3.06. The van der Waals surface area contributed by atoms with Crippen LogP contribution in [0.5, 0.6) is 0 Å². The van der Waals surface area contributed by atoms with E-state index in [1.165, 1.54) is 0 Å². The third-order valence-electron chi connectivity index (χ3n) is 2.01. The highest BCUT2D eigenvalue weighted by molar-refractivity contribution is 5.49. The number of anilines is 1. The summed E-state index contributed by atoms with van der Waals surface area (Å²) in [6, 6.07) is 1.88. The molecule has 0 saturated heterocycles. The molecule has 0 fully saturated rings. The van der Waals surface area contributed by atoms with Crippen LogP contribution in [0.25, 0.3) is 0 Å². The van der Waals surface area contributed by atoms with E-state index in [1.54, 1.807) is 0 Å². The average Bonchev–Trinajstić information content (AvgIpc) is 2.22. The fraction of sp³-hybridized carbons (Fsp3) is 0.333. The van der Waals surface area contributed by atoms with Gasteiger partial charge in [0, 0.05) is 11.3 Å². The lowest BCUT2D eigenvalue weighted by molar-refractivity contribution is -0.0167. The van der Waals surface area contributed by atoms with Crippen LogP contribution in [0.4, 0.5) is 14.5 Å². The molecular weight excluding hydrogens is 208 g/mol. The first kappa shape index (κ1) is 11.8. The summed E-state index contributed by atoms with van der Waals surface area (Å²) in [5, 5.41) is 27.0. The normalized spacial score (nSPS) is 15.0. The van der Waals surface area contributed by atoms with Gasteiger partial charge in [0.25, 0.3) is 0 Å². The van der Waals surface area contributed by atoms with Crippen molar-refractivity contribution in [3.05, 3.63) is 29.3 Å². The number of nitrogen functional groups attached to an aromatic ring is 1. The Morgan fingerprint density at radius 2 is 1.87 bits per heavy atom. The molecule has 0 bridgehead atoms. The van der Waals surface area contributed by atoms with Crippen molar-refractivity contribution in [2.24, 2.45) is 0 Å². The molecule has 4 nitrogen and oxygen atoms in total. The van der Waals surface area contributed by atoms with Crippen LogP contribution in [0.2, 0.25) is 0 Å². The van der Waals surface area contributed by atoms with Crippen LogP contribution >= 0.6 is 0 Å². The third-order valence-corrected chi connectivity index (χ3v) is 2.01. The van der Waals surface area contributed by atoms with Gasteiger partial charge in [-0.1, -0.05) is 0 Å². The third kappa shape index (κ3) is 2.23. The van der Waals surface area contributed by atoms with Gasteiger partial charge >= 0.3 is 0 Å². The molecule has 5 N–H and O–H groups in total. The van der Waals surface area contributed by atoms with Gasteiger partial charge in [-0.05, 0) is 12.1 Å². The topological polar surface area (TPSA) is 86.7 Å². The summed E-state index contributed by atoms with van der Waals surface area (Å²) in [6.45, 7) is -0.781. The molecule has 0 aromatic heterocycles. The Hall–Kier alpha value is -1.24. The van der Waals surface area contributed by atoms with Gasteiger partial charge in [0.2, 0.25) is 0 Å². The molecule has 1 aromatic rings. The van der Waals surface area contributed by atoms with Gasteiger partial charge in [-0.25, -0.2) is 8.78 Å². The predicted octanol–water partition coefficient (Wildman–Crippen LogP) is -0.0664. The molecular formula is C9H11F2NO3.